The van der Waals surface area contributed by atoms with Gasteiger partial charge in [-0.15, -0.1) is 0 Å². The fourth-order valence-corrected chi connectivity index (χ4v) is 1.10. The smallest absolute Gasteiger partial charge is 0.346 e. The number of carbonyl (C=O) groups excluding carboxylic acids is 2. The summed E-state index contributed by atoms with van der Waals surface area (Å²) in [6.07, 6.45) is 0.0344. The number of esters is 2. The number of rotatable bonds is 4. The van der Waals surface area contributed by atoms with E-state index in [1.54, 1.807) is 0 Å². The molecule has 1 aliphatic heterocycles. The van der Waals surface area contributed by atoms with Gasteiger partial charge < -0.3 is 18.9 Å². The molecule has 1 saturated heterocycles. The topological polar surface area (TPSA) is 71.1 Å². The zero-order valence-electron chi connectivity index (χ0n) is 9.77. The Bertz CT molecular complexity index is 290. The Morgan fingerprint density at radius 3 is 2.88 bits per heavy atom. The van der Waals surface area contributed by atoms with Gasteiger partial charge in [0.05, 0.1) is 6.61 Å². The van der Waals surface area contributed by atoms with Gasteiger partial charge in [-0.3, -0.25) is 0 Å². The zero-order valence-corrected chi connectivity index (χ0v) is 9.77. The molecule has 0 aromatic carbocycles. The maximum Gasteiger partial charge on any atom is 0.346 e. The van der Waals surface area contributed by atoms with Crippen LogP contribution in [-0.4, -0.2) is 44.7 Å². The van der Waals surface area contributed by atoms with Crippen molar-refractivity contribution >= 4 is 11.9 Å². The Morgan fingerprint density at radius 2 is 2.18 bits per heavy atom. The van der Waals surface area contributed by atoms with E-state index in [0.717, 1.165) is 6.42 Å². The van der Waals surface area contributed by atoms with Crippen molar-refractivity contribution in [3.8, 4) is 0 Å². The van der Waals surface area contributed by atoms with E-state index < -0.39 is 24.8 Å². The predicted octanol–water partition coefficient (Wildman–Crippen LogP) is 0.412. The van der Waals surface area contributed by atoms with E-state index in [1.807, 2.05) is 0 Å². The van der Waals surface area contributed by atoms with Gasteiger partial charge in [0.25, 0.3) is 0 Å². The fraction of sp³-hybridized carbons (Fsp3) is 0.636. The molecule has 1 heterocycles. The van der Waals surface area contributed by atoms with Crippen molar-refractivity contribution in [3.63, 3.8) is 0 Å². The lowest BCUT2D eigenvalue weighted by molar-refractivity contribution is -0.189. The highest BCUT2D eigenvalue weighted by molar-refractivity contribution is 5.88. The molecular formula is C11H16O6. The van der Waals surface area contributed by atoms with Crippen LogP contribution in [0.1, 0.15) is 13.3 Å². The maximum atomic E-state index is 11.3. The summed E-state index contributed by atoms with van der Waals surface area (Å²) in [6, 6.07) is 0. The number of hydrogen-bond acceptors (Lipinski definition) is 6. The Morgan fingerprint density at radius 1 is 1.41 bits per heavy atom. The van der Waals surface area contributed by atoms with E-state index in [1.165, 1.54) is 6.92 Å². The van der Waals surface area contributed by atoms with Gasteiger partial charge in [-0.2, -0.15) is 0 Å². The third-order valence-electron chi connectivity index (χ3n) is 1.92. The first-order chi connectivity index (χ1) is 8.09. The van der Waals surface area contributed by atoms with Gasteiger partial charge in [-0.1, -0.05) is 6.58 Å². The lowest BCUT2D eigenvalue weighted by Crippen LogP contribution is -2.27. The molecule has 0 saturated carbocycles. The van der Waals surface area contributed by atoms with Gasteiger partial charge in [-0.05, 0) is 13.3 Å². The SMILES string of the molecule is C=C(C)C(=O)OCC(=O)O[C@@H]1COCCCO1. The number of ether oxygens (including phenoxy) is 4. The monoisotopic (exact) mass is 244 g/mol. The van der Waals surface area contributed by atoms with Crippen molar-refractivity contribution in [2.24, 2.45) is 0 Å². The second-order valence-electron chi connectivity index (χ2n) is 3.58. The zero-order chi connectivity index (χ0) is 12.7. The molecule has 1 rings (SSSR count). The first-order valence-electron chi connectivity index (χ1n) is 5.31. The summed E-state index contributed by atoms with van der Waals surface area (Å²) in [5.41, 5.74) is 0.229. The molecule has 0 radical (unpaired) electrons. The van der Waals surface area contributed by atoms with Gasteiger partial charge in [0.1, 0.15) is 6.61 Å². The average molecular weight is 244 g/mol. The quantitative estimate of drug-likeness (QED) is 0.527. The molecule has 0 N–H and O–H groups in total. The van der Waals surface area contributed by atoms with Crippen LogP contribution in [0.4, 0.5) is 0 Å². The van der Waals surface area contributed by atoms with Gasteiger partial charge in [-0.25, -0.2) is 9.59 Å². The molecule has 0 aromatic heterocycles. The summed E-state index contributed by atoms with van der Waals surface area (Å²) >= 11 is 0. The van der Waals surface area contributed by atoms with E-state index in [9.17, 15) is 9.59 Å². The van der Waals surface area contributed by atoms with Crippen molar-refractivity contribution in [3.05, 3.63) is 12.2 Å². The molecule has 1 aliphatic rings. The lowest BCUT2D eigenvalue weighted by Gasteiger charge is -2.15. The minimum atomic E-state index is -0.728. The van der Waals surface area contributed by atoms with Gasteiger partial charge in [0, 0.05) is 12.2 Å². The van der Waals surface area contributed by atoms with E-state index in [4.69, 9.17) is 14.2 Å². The first-order valence-corrected chi connectivity index (χ1v) is 5.31. The number of carbonyl (C=O) groups is 2. The van der Waals surface area contributed by atoms with Gasteiger partial charge in [0.2, 0.25) is 6.29 Å². The van der Waals surface area contributed by atoms with Crippen molar-refractivity contribution in [2.45, 2.75) is 19.6 Å². The van der Waals surface area contributed by atoms with Crippen molar-refractivity contribution < 1.29 is 28.5 Å². The van der Waals surface area contributed by atoms with Gasteiger partial charge >= 0.3 is 11.9 Å². The lowest BCUT2D eigenvalue weighted by atomic mass is 10.4. The molecule has 1 fully saturated rings. The molecule has 6 heteroatoms. The Kier molecular flexibility index (Phi) is 5.65. The van der Waals surface area contributed by atoms with Crippen LogP contribution in [0, 0.1) is 0 Å². The van der Waals surface area contributed by atoms with Crippen LogP contribution >= 0.6 is 0 Å². The second-order valence-corrected chi connectivity index (χ2v) is 3.58. The summed E-state index contributed by atoms with van der Waals surface area (Å²) in [7, 11) is 0. The summed E-state index contributed by atoms with van der Waals surface area (Å²) in [4.78, 5) is 22.3. The molecule has 6 nitrogen and oxygen atoms in total. The van der Waals surface area contributed by atoms with Crippen molar-refractivity contribution in [1.29, 1.82) is 0 Å². The molecule has 0 aliphatic carbocycles. The molecule has 0 amide bonds. The third kappa shape index (κ3) is 5.46. The maximum absolute atomic E-state index is 11.3. The summed E-state index contributed by atoms with van der Waals surface area (Å²) in [6.45, 7) is 5.69. The van der Waals surface area contributed by atoms with Crippen molar-refractivity contribution in [1.82, 2.24) is 0 Å². The van der Waals surface area contributed by atoms with E-state index in [0.29, 0.717) is 13.2 Å². The number of hydrogen-bond donors (Lipinski definition) is 0. The minimum Gasteiger partial charge on any atom is -0.450 e. The van der Waals surface area contributed by atoms with Gasteiger partial charge in [0.15, 0.2) is 6.61 Å². The molecule has 96 valence electrons. The molecule has 0 unspecified atom stereocenters. The molecule has 0 spiro atoms. The van der Waals surface area contributed by atoms with Crippen LogP contribution in [0.15, 0.2) is 12.2 Å². The molecule has 17 heavy (non-hydrogen) atoms. The van der Waals surface area contributed by atoms with Crippen LogP contribution in [0.3, 0.4) is 0 Å². The summed E-state index contributed by atoms with van der Waals surface area (Å²) in [5.74, 6) is -1.30. The van der Waals surface area contributed by atoms with Crippen molar-refractivity contribution in [2.75, 3.05) is 26.4 Å². The molecule has 1 atom stereocenters. The van der Waals surface area contributed by atoms with E-state index in [-0.39, 0.29) is 12.2 Å². The van der Waals surface area contributed by atoms with E-state index in [2.05, 4.69) is 11.3 Å². The molecule has 0 aromatic rings. The summed E-state index contributed by atoms with van der Waals surface area (Å²) < 4.78 is 19.9. The highest BCUT2D eigenvalue weighted by Crippen LogP contribution is 2.04. The van der Waals surface area contributed by atoms with Crippen LogP contribution in [-0.2, 0) is 28.5 Å². The molecule has 0 bridgehead atoms. The normalized spacial score (nSPS) is 20.2. The second kappa shape index (κ2) is 7.03. The highest BCUT2D eigenvalue weighted by Gasteiger charge is 2.18. The Labute approximate surface area is 99.5 Å². The van der Waals surface area contributed by atoms with E-state index >= 15 is 0 Å². The third-order valence-corrected chi connectivity index (χ3v) is 1.92. The highest BCUT2D eigenvalue weighted by atomic mass is 16.7. The standard InChI is InChI=1S/C11H16O6/c1-8(2)11(13)16-6-9(12)17-10-7-14-4-3-5-15-10/h10H,1,3-7H2,2H3/t10-/m1/s1. The van der Waals surface area contributed by atoms with Crippen LogP contribution in [0.2, 0.25) is 0 Å². The Hall–Kier alpha value is -1.40. The Balaban J connectivity index is 2.23. The molecular weight excluding hydrogens is 228 g/mol. The van der Waals surface area contributed by atoms with Crippen LogP contribution in [0.25, 0.3) is 0 Å². The first kappa shape index (κ1) is 13.7. The predicted molar refractivity (Wildman–Crippen MR) is 57.0 cm³/mol. The minimum absolute atomic E-state index is 0.195. The summed E-state index contributed by atoms with van der Waals surface area (Å²) in [5, 5.41) is 0. The largest absolute Gasteiger partial charge is 0.450 e. The van der Waals surface area contributed by atoms with Crippen LogP contribution in [0.5, 0.6) is 0 Å². The van der Waals surface area contributed by atoms with Crippen LogP contribution < -0.4 is 0 Å². The average Bonchev–Trinajstić information content (AvgIpc) is 2.54. The fourth-order valence-electron chi connectivity index (χ4n) is 1.10.